The van der Waals surface area contributed by atoms with Crippen LogP contribution in [0.15, 0.2) is 11.0 Å². The number of carboxylic acid groups (broad SMARTS) is 1. The van der Waals surface area contributed by atoms with Crippen molar-refractivity contribution < 1.29 is 14.6 Å². The van der Waals surface area contributed by atoms with Crippen LogP contribution in [-0.4, -0.2) is 28.0 Å². The number of aromatic carboxylic acids is 1. The molecule has 1 N–H and O–H groups in total. The zero-order chi connectivity index (χ0) is 15.2. The molecular formula is C15H22N2O4. The number of rotatable bonds is 3. The largest absolute Gasteiger partial charge is 0.491 e. The maximum Gasteiger partial charge on any atom is 0.360 e. The van der Waals surface area contributed by atoms with E-state index >= 15 is 0 Å². The van der Waals surface area contributed by atoms with Crippen molar-refractivity contribution in [1.82, 2.24) is 9.78 Å². The van der Waals surface area contributed by atoms with E-state index in [1.807, 2.05) is 0 Å². The fraction of sp³-hybridized carbons (Fsp3) is 0.667. The Morgan fingerprint density at radius 1 is 1.24 bits per heavy atom. The van der Waals surface area contributed by atoms with Crippen molar-refractivity contribution in [3.8, 4) is 5.75 Å². The maximum absolute atomic E-state index is 11.9. The van der Waals surface area contributed by atoms with Gasteiger partial charge in [-0.2, -0.15) is 5.10 Å². The molecule has 0 radical (unpaired) electrons. The first-order valence-corrected chi connectivity index (χ1v) is 7.54. The van der Waals surface area contributed by atoms with Crippen LogP contribution < -0.4 is 10.2 Å². The highest BCUT2D eigenvalue weighted by Gasteiger charge is 2.20. The van der Waals surface area contributed by atoms with Crippen molar-refractivity contribution in [1.29, 1.82) is 0 Å². The summed E-state index contributed by atoms with van der Waals surface area (Å²) in [4.78, 5) is 23.0. The molecule has 0 unspecified atom stereocenters. The van der Waals surface area contributed by atoms with Crippen LogP contribution in [0.25, 0.3) is 0 Å². The molecule has 21 heavy (non-hydrogen) atoms. The first-order chi connectivity index (χ1) is 10.1. The maximum atomic E-state index is 11.9. The monoisotopic (exact) mass is 294 g/mol. The fourth-order valence-electron chi connectivity index (χ4n) is 2.83. The molecule has 0 saturated heterocycles. The van der Waals surface area contributed by atoms with Gasteiger partial charge in [-0.1, -0.05) is 38.5 Å². The molecule has 6 heteroatoms. The lowest BCUT2D eigenvalue weighted by Crippen LogP contribution is -2.25. The van der Waals surface area contributed by atoms with Gasteiger partial charge in [-0.15, -0.1) is 0 Å². The summed E-state index contributed by atoms with van der Waals surface area (Å²) in [7, 11) is 1.37. The summed E-state index contributed by atoms with van der Waals surface area (Å²) in [5.74, 6) is -1.27. The molecule has 0 amide bonds. The second-order valence-corrected chi connectivity index (χ2v) is 5.51. The Bertz CT molecular complexity index is 543. The van der Waals surface area contributed by atoms with Gasteiger partial charge < -0.3 is 9.84 Å². The highest BCUT2D eigenvalue weighted by Crippen LogP contribution is 2.25. The number of carbonyl (C=O) groups is 1. The van der Waals surface area contributed by atoms with Gasteiger partial charge in [-0.25, -0.2) is 4.79 Å². The lowest BCUT2D eigenvalue weighted by molar-refractivity contribution is 0.0684. The first kappa shape index (κ1) is 15.5. The minimum absolute atomic E-state index is 0.0438. The summed E-state index contributed by atoms with van der Waals surface area (Å²) in [6.07, 6.45) is 10.6. The van der Waals surface area contributed by atoms with Crippen LogP contribution in [-0.2, 0) is 0 Å². The molecule has 1 aliphatic carbocycles. The summed E-state index contributed by atoms with van der Waals surface area (Å²) in [6.45, 7) is 0. The van der Waals surface area contributed by atoms with Crippen LogP contribution in [0.4, 0.5) is 0 Å². The van der Waals surface area contributed by atoms with Crippen molar-refractivity contribution in [2.45, 2.75) is 57.4 Å². The van der Waals surface area contributed by atoms with E-state index in [0.29, 0.717) is 0 Å². The standard InChI is InChI=1S/C15H22N2O4/c1-21-12-10-17(16-13(14(12)18)15(19)20)11-8-6-4-2-3-5-7-9-11/h10-11H,2-9H2,1H3,(H,19,20). The topological polar surface area (TPSA) is 81.4 Å². The van der Waals surface area contributed by atoms with E-state index in [1.165, 1.54) is 39.0 Å². The quantitative estimate of drug-likeness (QED) is 0.926. The van der Waals surface area contributed by atoms with Gasteiger partial charge in [0.25, 0.3) is 5.43 Å². The van der Waals surface area contributed by atoms with E-state index in [2.05, 4.69) is 5.10 Å². The van der Waals surface area contributed by atoms with E-state index in [9.17, 15) is 9.59 Å². The number of ether oxygens (including phenoxy) is 1. The van der Waals surface area contributed by atoms with Gasteiger partial charge in [0, 0.05) is 0 Å². The summed E-state index contributed by atoms with van der Waals surface area (Å²) in [5.41, 5.74) is -1.13. The van der Waals surface area contributed by atoms with Crippen molar-refractivity contribution >= 4 is 5.97 Å². The Hall–Kier alpha value is -1.85. The fourth-order valence-corrected chi connectivity index (χ4v) is 2.83. The van der Waals surface area contributed by atoms with E-state index in [4.69, 9.17) is 9.84 Å². The van der Waals surface area contributed by atoms with Crippen molar-refractivity contribution in [3.05, 3.63) is 22.1 Å². The average molecular weight is 294 g/mol. The zero-order valence-corrected chi connectivity index (χ0v) is 12.4. The zero-order valence-electron chi connectivity index (χ0n) is 12.4. The van der Waals surface area contributed by atoms with Crippen LogP contribution in [0, 0.1) is 0 Å². The van der Waals surface area contributed by atoms with Gasteiger partial charge in [0.05, 0.1) is 19.3 Å². The highest BCUT2D eigenvalue weighted by atomic mass is 16.5. The third-order valence-electron chi connectivity index (χ3n) is 4.03. The highest BCUT2D eigenvalue weighted by molar-refractivity contribution is 5.85. The second kappa shape index (κ2) is 7.24. The molecule has 0 aliphatic heterocycles. The van der Waals surface area contributed by atoms with E-state index < -0.39 is 17.1 Å². The van der Waals surface area contributed by atoms with Crippen LogP contribution in [0.2, 0.25) is 0 Å². The van der Waals surface area contributed by atoms with Gasteiger partial charge in [-0.05, 0) is 12.8 Å². The van der Waals surface area contributed by atoms with Gasteiger partial charge >= 0.3 is 5.97 Å². The summed E-state index contributed by atoms with van der Waals surface area (Å²) in [6, 6.07) is 0.135. The molecule has 0 bridgehead atoms. The number of methoxy groups -OCH3 is 1. The molecule has 2 rings (SSSR count). The van der Waals surface area contributed by atoms with Gasteiger partial charge in [0.1, 0.15) is 0 Å². The number of nitrogens with zero attached hydrogens (tertiary/aromatic N) is 2. The molecule has 1 aromatic rings. The third kappa shape index (κ3) is 3.83. The Morgan fingerprint density at radius 3 is 2.33 bits per heavy atom. The number of hydrogen-bond acceptors (Lipinski definition) is 4. The smallest absolute Gasteiger partial charge is 0.360 e. The Balaban J connectivity index is 2.34. The van der Waals surface area contributed by atoms with Crippen LogP contribution >= 0.6 is 0 Å². The molecule has 1 fully saturated rings. The molecule has 0 spiro atoms. The first-order valence-electron chi connectivity index (χ1n) is 7.54. The minimum Gasteiger partial charge on any atom is -0.491 e. The summed E-state index contributed by atoms with van der Waals surface area (Å²) >= 11 is 0. The third-order valence-corrected chi connectivity index (χ3v) is 4.03. The normalized spacial score (nSPS) is 17.6. The van der Waals surface area contributed by atoms with E-state index in [0.717, 1.165) is 25.7 Å². The Kier molecular flexibility index (Phi) is 5.36. The van der Waals surface area contributed by atoms with Gasteiger partial charge in [0.15, 0.2) is 5.75 Å². The lowest BCUT2D eigenvalue weighted by Gasteiger charge is -2.19. The van der Waals surface area contributed by atoms with E-state index in [1.54, 1.807) is 4.68 Å². The van der Waals surface area contributed by atoms with Gasteiger partial charge in [0.2, 0.25) is 5.69 Å². The molecule has 116 valence electrons. The minimum atomic E-state index is -1.31. The van der Waals surface area contributed by atoms with Crippen molar-refractivity contribution in [2.75, 3.05) is 7.11 Å². The number of hydrogen-bond donors (Lipinski definition) is 1. The molecule has 1 aromatic heterocycles. The van der Waals surface area contributed by atoms with Crippen molar-refractivity contribution in [3.63, 3.8) is 0 Å². The number of aromatic nitrogens is 2. The SMILES string of the molecule is COc1cn(C2CCCCCCCC2)nc(C(=O)O)c1=O. The number of carboxylic acids is 1. The molecular weight excluding hydrogens is 272 g/mol. The summed E-state index contributed by atoms with van der Waals surface area (Å²) in [5, 5.41) is 13.2. The predicted molar refractivity (Wildman–Crippen MR) is 78.0 cm³/mol. The molecule has 6 nitrogen and oxygen atoms in total. The lowest BCUT2D eigenvalue weighted by atomic mass is 10.1. The molecule has 1 saturated carbocycles. The average Bonchev–Trinajstić information content (AvgIpc) is 2.61. The van der Waals surface area contributed by atoms with Crippen molar-refractivity contribution in [2.24, 2.45) is 0 Å². The van der Waals surface area contributed by atoms with Gasteiger partial charge in [-0.3, -0.25) is 9.48 Å². The molecule has 1 heterocycles. The Labute approximate surface area is 123 Å². The molecule has 0 atom stereocenters. The van der Waals surface area contributed by atoms with Crippen LogP contribution in [0.3, 0.4) is 0 Å². The molecule has 0 aromatic carbocycles. The summed E-state index contributed by atoms with van der Waals surface area (Å²) < 4.78 is 6.63. The predicted octanol–water partition coefficient (Wildman–Crippen LogP) is 2.63. The Morgan fingerprint density at radius 2 is 1.81 bits per heavy atom. The van der Waals surface area contributed by atoms with Crippen LogP contribution in [0.1, 0.15) is 67.9 Å². The van der Waals surface area contributed by atoms with E-state index in [-0.39, 0.29) is 11.8 Å². The second-order valence-electron chi connectivity index (χ2n) is 5.51. The molecule has 1 aliphatic rings. The van der Waals surface area contributed by atoms with Crippen LogP contribution in [0.5, 0.6) is 5.75 Å².